The van der Waals surface area contributed by atoms with Crippen molar-refractivity contribution in [3.63, 3.8) is 0 Å². The molecular weight excluding hydrogens is 329 g/mol. The van der Waals surface area contributed by atoms with Crippen LogP contribution in [0.5, 0.6) is 0 Å². The molecule has 124 valence electrons. The fraction of sp³-hybridized carbons (Fsp3) is 0.278. The molecule has 4 nitrogen and oxygen atoms in total. The normalized spacial score (nSPS) is 14.3. The number of nitriles is 1. The van der Waals surface area contributed by atoms with Crippen molar-refractivity contribution in [2.45, 2.75) is 6.54 Å². The fourth-order valence-electron chi connectivity index (χ4n) is 2.68. The lowest BCUT2D eigenvalue weighted by atomic mass is 10.1. The van der Waals surface area contributed by atoms with Crippen LogP contribution in [0.4, 0.5) is 15.8 Å². The van der Waals surface area contributed by atoms with Crippen LogP contribution in [0.3, 0.4) is 0 Å². The van der Waals surface area contributed by atoms with Crippen LogP contribution in [0, 0.1) is 17.1 Å². The number of anilines is 2. The van der Waals surface area contributed by atoms with Crippen molar-refractivity contribution < 1.29 is 9.13 Å². The van der Waals surface area contributed by atoms with Gasteiger partial charge in [0.2, 0.25) is 0 Å². The summed E-state index contributed by atoms with van der Waals surface area (Å²) in [5.74, 6) is -0.243. The number of nitrogens with zero attached hydrogens (tertiary/aromatic N) is 2. The number of benzene rings is 2. The van der Waals surface area contributed by atoms with E-state index in [0.717, 1.165) is 5.56 Å². The van der Waals surface area contributed by atoms with Gasteiger partial charge < -0.3 is 15.0 Å². The van der Waals surface area contributed by atoms with E-state index in [1.165, 1.54) is 6.07 Å². The first kappa shape index (κ1) is 16.6. The van der Waals surface area contributed by atoms with Crippen molar-refractivity contribution in [1.29, 1.82) is 5.26 Å². The molecule has 0 saturated carbocycles. The van der Waals surface area contributed by atoms with E-state index in [1.807, 2.05) is 11.0 Å². The molecule has 3 rings (SSSR count). The predicted octanol–water partition coefficient (Wildman–Crippen LogP) is 3.80. The lowest BCUT2D eigenvalue weighted by Gasteiger charge is -2.29. The first-order valence-electron chi connectivity index (χ1n) is 7.72. The second-order valence-corrected chi connectivity index (χ2v) is 5.98. The second kappa shape index (κ2) is 7.52. The molecule has 0 amide bonds. The van der Waals surface area contributed by atoms with Crippen LogP contribution in [0.15, 0.2) is 36.4 Å². The van der Waals surface area contributed by atoms with Crippen molar-refractivity contribution >= 4 is 23.0 Å². The molecule has 2 aromatic carbocycles. The van der Waals surface area contributed by atoms with Crippen molar-refractivity contribution in [2.75, 3.05) is 36.5 Å². The van der Waals surface area contributed by atoms with Crippen molar-refractivity contribution in [1.82, 2.24) is 0 Å². The average Bonchev–Trinajstić information content (AvgIpc) is 2.61. The largest absolute Gasteiger partial charge is 0.380 e. The van der Waals surface area contributed by atoms with E-state index in [4.69, 9.17) is 21.6 Å². The van der Waals surface area contributed by atoms with Gasteiger partial charge in [0.05, 0.1) is 30.2 Å². The highest BCUT2D eigenvalue weighted by atomic mass is 35.5. The molecule has 1 saturated heterocycles. The molecule has 1 heterocycles. The van der Waals surface area contributed by atoms with Gasteiger partial charge in [0.15, 0.2) is 0 Å². The number of hydrogen-bond acceptors (Lipinski definition) is 4. The molecule has 1 fully saturated rings. The van der Waals surface area contributed by atoms with Gasteiger partial charge in [-0.3, -0.25) is 0 Å². The quantitative estimate of drug-likeness (QED) is 0.915. The Morgan fingerprint density at radius 3 is 2.71 bits per heavy atom. The van der Waals surface area contributed by atoms with Gasteiger partial charge in [-0.1, -0.05) is 17.7 Å². The third-order valence-electron chi connectivity index (χ3n) is 3.95. The summed E-state index contributed by atoms with van der Waals surface area (Å²) in [7, 11) is 0. The summed E-state index contributed by atoms with van der Waals surface area (Å²) >= 11 is 5.88. The highest BCUT2D eigenvalue weighted by Gasteiger charge is 2.15. The minimum absolute atomic E-state index is 0.243. The Labute approximate surface area is 145 Å². The molecule has 24 heavy (non-hydrogen) atoms. The van der Waals surface area contributed by atoms with E-state index in [1.54, 1.807) is 24.3 Å². The van der Waals surface area contributed by atoms with E-state index >= 15 is 0 Å². The van der Waals surface area contributed by atoms with Gasteiger partial charge in [0.1, 0.15) is 11.9 Å². The van der Waals surface area contributed by atoms with E-state index in [9.17, 15) is 4.39 Å². The van der Waals surface area contributed by atoms with E-state index in [0.29, 0.717) is 54.8 Å². The Morgan fingerprint density at radius 1 is 1.21 bits per heavy atom. The Bertz CT molecular complexity index is 769. The Morgan fingerprint density at radius 2 is 2.00 bits per heavy atom. The standard InChI is InChI=1S/C18H17ClFN3O/c19-15-2-3-17(14(10-15)11-21)22-12-13-1-4-18(16(20)9-13)23-5-7-24-8-6-23/h1-4,9-10,22H,5-8,12H2. The van der Waals surface area contributed by atoms with Crippen LogP contribution in [-0.4, -0.2) is 26.3 Å². The fourth-order valence-corrected chi connectivity index (χ4v) is 2.85. The molecule has 0 atom stereocenters. The molecule has 1 aliphatic rings. The summed E-state index contributed by atoms with van der Waals surface area (Å²) in [6, 6.07) is 12.4. The lowest BCUT2D eigenvalue weighted by Crippen LogP contribution is -2.36. The maximum atomic E-state index is 14.4. The molecule has 1 aliphatic heterocycles. The smallest absolute Gasteiger partial charge is 0.146 e. The third-order valence-corrected chi connectivity index (χ3v) is 4.18. The van der Waals surface area contributed by atoms with Gasteiger partial charge in [0.25, 0.3) is 0 Å². The Hall–Kier alpha value is -2.29. The van der Waals surface area contributed by atoms with Crippen molar-refractivity contribution in [2.24, 2.45) is 0 Å². The minimum atomic E-state index is -0.243. The number of nitrogens with one attached hydrogen (secondary N) is 1. The number of morpholine rings is 1. The molecule has 0 aliphatic carbocycles. The lowest BCUT2D eigenvalue weighted by molar-refractivity contribution is 0.122. The Kier molecular flexibility index (Phi) is 5.19. The van der Waals surface area contributed by atoms with Crippen LogP contribution in [-0.2, 0) is 11.3 Å². The van der Waals surface area contributed by atoms with Crippen LogP contribution in [0.1, 0.15) is 11.1 Å². The summed E-state index contributed by atoms with van der Waals surface area (Å²) in [6.07, 6.45) is 0. The zero-order valence-corrected chi connectivity index (χ0v) is 13.8. The van der Waals surface area contributed by atoms with Gasteiger partial charge in [-0.05, 0) is 35.9 Å². The topological polar surface area (TPSA) is 48.3 Å². The maximum absolute atomic E-state index is 14.4. The molecule has 0 radical (unpaired) electrons. The molecule has 0 aromatic heterocycles. The van der Waals surface area contributed by atoms with Crippen LogP contribution >= 0.6 is 11.6 Å². The van der Waals surface area contributed by atoms with Crippen LogP contribution in [0.2, 0.25) is 5.02 Å². The zero-order chi connectivity index (χ0) is 16.9. The van der Waals surface area contributed by atoms with Crippen molar-refractivity contribution in [3.8, 4) is 6.07 Å². The van der Waals surface area contributed by atoms with Gasteiger partial charge in [0, 0.05) is 24.7 Å². The monoisotopic (exact) mass is 345 g/mol. The number of halogens is 2. The van der Waals surface area contributed by atoms with E-state index in [-0.39, 0.29) is 5.82 Å². The molecule has 0 bridgehead atoms. The first-order chi connectivity index (χ1) is 11.7. The Balaban J connectivity index is 1.70. The molecule has 2 aromatic rings. The summed E-state index contributed by atoms with van der Waals surface area (Å²) in [5, 5.41) is 12.8. The molecular formula is C18H17ClFN3O. The van der Waals surface area contributed by atoms with E-state index in [2.05, 4.69) is 11.4 Å². The van der Waals surface area contributed by atoms with Gasteiger partial charge in [-0.25, -0.2) is 4.39 Å². The van der Waals surface area contributed by atoms with Gasteiger partial charge >= 0.3 is 0 Å². The highest BCUT2D eigenvalue weighted by Crippen LogP contribution is 2.23. The number of hydrogen-bond donors (Lipinski definition) is 1. The van der Waals surface area contributed by atoms with Crippen LogP contribution in [0.25, 0.3) is 0 Å². The summed E-state index contributed by atoms with van der Waals surface area (Å²) in [4.78, 5) is 1.99. The summed E-state index contributed by atoms with van der Waals surface area (Å²) in [5.41, 5.74) is 2.56. The van der Waals surface area contributed by atoms with Gasteiger partial charge in [-0.2, -0.15) is 5.26 Å². The first-order valence-corrected chi connectivity index (χ1v) is 8.10. The predicted molar refractivity (Wildman–Crippen MR) is 92.9 cm³/mol. The molecule has 6 heteroatoms. The summed E-state index contributed by atoms with van der Waals surface area (Å²) in [6.45, 7) is 3.07. The molecule has 1 N–H and O–H groups in total. The maximum Gasteiger partial charge on any atom is 0.146 e. The summed E-state index contributed by atoms with van der Waals surface area (Å²) < 4.78 is 19.7. The molecule has 0 spiro atoms. The SMILES string of the molecule is N#Cc1cc(Cl)ccc1NCc1ccc(N2CCOCC2)c(F)c1. The third kappa shape index (κ3) is 3.78. The minimum Gasteiger partial charge on any atom is -0.380 e. The second-order valence-electron chi connectivity index (χ2n) is 5.54. The van der Waals surface area contributed by atoms with Crippen molar-refractivity contribution in [3.05, 3.63) is 58.4 Å². The number of ether oxygens (including phenoxy) is 1. The van der Waals surface area contributed by atoms with Gasteiger partial charge in [-0.15, -0.1) is 0 Å². The van der Waals surface area contributed by atoms with E-state index < -0.39 is 0 Å². The zero-order valence-electron chi connectivity index (χ0n) is 13.1. The van der Waals surface area contributed by atoms with Crippen LogP contribution < -0.4 is 10.2 Å². The average molecular weight is 346 g/mol. The molecule has 0 unspecified atom stereocenters. The highest BCUT2D eigenvalue weighted by molar-refractivity contribution is 6.30. The number of rotatable bonds is 4.